The van der Waals surface area contributed by atoms with Crippen molar-refractivity contribution in [3.8, 4) is 0 Å². The maximum atomic E-state index is 12.5. The number of amides is 1. The Balaban J connectivity index is 1.67. The van der Waals surface area contributed by atoms with E-state index in [9.17, 15) is 4.79 Å². The molecule has 0 N–H and O–H groups in total. The summed E-state index contributed by atoms with van der Waals surface area (Å²) in [5.74, 6) is 1.91. The summed E-state index contributed by atoms with van der Waals surface area (Å²) in [6.07, 6.45) is 3.42. The maximum Gasteiger partial charge on any atom is 0.225 e. The van der Waals surface area contributed by atoms with Gasteiger partial charge in [0.05, 0.1) is 0 Å². The van der Waals surface area contributed by atoms with Crippen molar-refractivity contribution >= 4 is 5.91 Å². The number of hydrogen-bond acceptors (Lipinski definition) is 1. The standard InChI is InChI=1S/C19H27NO/c1-14(2)12-20(18(21)16-9-10-16)13-19(3)11-17(19)15-7-5-4-6-8-15/h4-8,14,16-17H,9-13H2,1-3H3. The molecular weight excluding hydrogens is 258 g/mol. The Morgan fingerprint density at radius 3 is 2.52 bits per heavy atom. The maximum absolute atomic E-state index is 12.5. The molecule has 0 spiro atoms. The number of carbonyl (C=O) groups is 1. The topological polar surface area (TPSA) is 20.3 Å². The quantitative estimate of drug-likeness (QED) is 0.771. The highest BCUT2D eigenvalue weighted by Gasteiger charge is 2.52. The van der Waals surface area contributed by atoms with Gasteiger partial charge in [-0.15, -0.1) is 0 Å². The molecular formula is C19H27NO. The predicted octanol–water partition coefficient (Wildman–Crippen LogP) is 4.07. The molecule has 2 unspecified atom stereocenters. The summed E-state index contributed by atoms with van der Waals surface area (Å²) in [6, 6.07) is 10.8. The molecule has 0 radical (unpaired) electrons. The van der Waals surface area contributed by atoms with E-state index in [0.717, 1.165) is 25.9 Å². The van der Waals surface area contributed by atoms with Crippen LogP contribution in [0.1, 0.15) is 51.5 Å². The van der Waals surface area contributed by atoms with E-state index in [1.807, 2.05) is 0 Å². The van der Waals surface area contributed by atoms with E-state index in [-0.39, 0.29) is 5.41 Å². The predicted molar refractivity (Wildman–Crippen MR) is 86.0 cm³/mol. The third-order valence-corrected chi connectivity index (χ3v) is 4.93. The minimum absolute atomic E-state index is 0.279. The zero-order valence-electron chi connectivity index (χ0n) is 13.5. The van der Waals surface area contributed by atoms with Gasteiger partial charge in [0.25, 0.3) is 0 Å². The number of benzene rings is 1. The van der Waals surface area contributed by atoms with Crippen LogP contribution in [-0.4, -0.2) is 23.9 Å². The third kappa shape index (κ3) is 3.30. The van der Waals surface area contributed by atoms with Crippen LogP contribution in [0.2, 0.25) is 0 Å². The van der Waals surface area contributed by atoms with Crippen molar-refractivity contribution in [3.63, 3.8) is 0 Å². The second kappa shape index (κ2) is 5.47. The van der Waals surface area contributed by atoms with Gasteiger partial charge >= 0.3 is 0 Å². The first kappa shape index (κ1) is 14.6. The number of carbonyl (C=O) groups excluding carboxylic acids is 1. The summed E-state index contributed by atoms with van der Waals surface area (Å²) in [6.45, 7) is 8.60. The lowest BCUT2D eigenvalue weighted by Gasteiger charge is -2.28. The summed E-state index contributed by atoms with van der Waals surface area (Å²) in [7, 11) is 0. The van der Waals surface area contributed by atoms with E-state index >= 15 is 0 Å². The molecule has 3 rings (SSSR count). The minimum atomic E-state index is 0.279. The van der Waals surface area contributed by atoms with Crippen molar-refractivity contribution in [3.05, 3.63) is 35.9 Å². The van der Waals surface area contributed by atoms with Crippen LogP contribution >= 0.6 is 0 Å². The molecule has 114 valence electrons. The van der Waals surface area contributed by atoms with Gasteiger partial charge < -0.3 is 4.90 Å². The van der Waals surface area contributed by atoms with Crippen molar-refractivity contribution < 1.29 is 4.79 Å². The average Bonchev–Trinajstić information content (AvgIpc) is 3.34. The smallest absolute Gasteiger partial charge is 0.225 e. The molecule has 1 amide bonds. The Morgan fingerprint density at radius 1 is 1.29 bits per heavy atom. The van der Waals surface area contributed by atoms with Gasteiger partial charge in [-0.1, -0.05) is 51.1 Å². The zero-order chi connectivity index (χ0) is 15.0. The number of hydrogen-bond donors (Lipinski definition) is 0. The molecule has 0 aliphatic heterocycles. The molecule has 2 atom stereocenters. The lowest BCUT2D eigenvalue weighted by molar-refractivity contribution is -0.134. The largest absolute Gasteiger partial charge is 0.342 e. The van der Waals surface area contributed by atoms with E-state index in [1.165, 1.54) is 12.0 Å². The molecule has 0 heterocycles. The van der Waals surface area contributed by atoms with Gasteiger partial charge in [-0.3, -0.25) is 4.79 Å². The fraction of sp³-hybridized carbons (Fsp3) is 0.632. The molecule has 2 nitrogen and oxygen atoms in total. The van der Waals surface area contributed by atoms with E-state index in [1.54, 1.807) is 0 Å². The highest BCUT2D eigenvalue weighted by molar-refractivity contribution is 5.81. The second-order valence-electron chi connectivity index (χ2n) is 7.71. The van der Waals surface area contributed by atoms with Crippen molar-refractivity contribution in [2.24, 2.45) is 17.3 Å². The fourth-order valence-corrected chi connectivity index (χ4v) is 3.49. The normalized spacial score (nSPS) is 27.7. The first-order valence-electron chi connectivity index (χ1n) is 8.33. The van der Waals surface area contributed by atoms with Crippen LogP contribution < -0.4 is 0 Å². The van der Waals surface area contributed by atoms with Crippen LogP contribution in [0, 0.1) is 17.3 Å². The molecule has 1 aromatic rings. The Kier molecular flexibility index (Phi) is 3.81. The fourth-order valence-electron chi connectivity index (χ4n) is 3.49. The molecule has 2 saturated carbocycles. The SMILES string of the molecule is CC(C)CN(CC1(C)CC1c1ccccc1)C(=O)C1CC1. The summed E-state index contributed by atoms with van der Waals surface area (Å²) in [5.41, 5.74) is 1.71. The Morgan fingerprint density at radius 2 is 1.95 bits per heavy atom. The molecule has 0 bridgehead atoms. The average molecular weight is 285 g/mol. The minimum Gasteiger partial charge on any atom is -0.342 e. The van der Waals surface area contributed by atoms with Crippen molar-refractivity contribution in [1.29, 1.82) is 0 Å². The molecule has 21 heavy (non-hydrogen) atoms. The van der Waals surface area contributed by atoms with Gasteiger partial charge in [0.1, 0.15) is 0 Å². The lowest BCUT2D eigenvalue weighted by Crippen LogP contribution is -2.39. The van der Waals surface area contributed by atoms with Gasteiger partial charge in [0.15, 0.2) is 0 Å². The van der Waals surface area contributed by atoms with Crippen molar-refractivity contribution in [1.82, 2.24) is 4.90 Å². The van der Waals surface area contributed by atoms with Crippen LogP contribution in [-0.2, 0) is 4.79 Å². The van der Waals surface area contributed by atoms with E-state index in [4.69, 9.17) is 0 Å². The Bertz CT molecular complexity index is 506. The van der Waals surface area contributed by atoms with E-state index in [2.05, 4.69) is 56.0 Å². The second-order valence-corrected chi connectivity index (χ2v) is 7.71. The monoisotopic (exact) mass is 285 g/mol. The van der Waals surface area contributed by atoms with E-state index < -0.39 is 0 Å². The zero-order valence-corrected chi connectivity index (χ0v) is 13.5. The summed E-state index contributed by atoms with van der Waals surface area (Å²) >= 11 is 0. The highest BCUT2D eigenvalue weighted by Crippen LogP contribution is 2.59. The number of nitrogens with zero attached hydrogens (tertiary/aromatic N) is 1. The summed E-state index contributed by atoms with van der Waals surface area (Å²) < 4.78 is 0. The Labute approximate surface area is 128 Å². The summed E-state index contributed by atoms with van der Waals surface area (Å²) in [4.78, 5) is 14.7. The molecule has 2 aliphatic rings. The molecule has 0 saturated heterocycles. The molecule has 1 aromatic carbocycles. The van der Waals surface area contributed by atoms with Crippen LogP contribution in [0.15, 0.2) is 30.3 Å². The van der Waals surface area contributed by atoms with Gasteiger partial charge in [0, 0.05) is 19.0 Å². The van der Waals surface area contributed by atoms with Crippen molar-refractivity contribution in [2.45, 2.75) is 46.0 Å². The van der Waals surface area contributed by atoms with Crippen LogP contribution in [0.25, 0.3) is 0 Å². The van der Waals surface area contributed by atoms with Crippen LogP contribution in [0.3, 0.4) is 0 Å². The van der Waals surface area contributed by atoms with Crippen molar-refractivity contribution in [2.75, 3.05) is 13.1 Å². The molecule has 2 fully saturated rings. The van der Waals surface area contributed by atoms with Gasteiger partial charge in [-0.25, -0.2) is 0 Å². The third-order valence-electron chi connectivity index (χ3n) is 4.93. The van der Waals surface area contributed by atoms with E-state index in [0.29, 0.717) is 23.7 Å². The summed E-state index contributed by atoms with van der Waals surface area (Å²) in [5, 5.41) is 0. The molecule has 2 heteroatoms. The number of rotatable bonds is 6. The first-order valence-corrected chi connectivity index (χ1v) is 8.33. The first-order chi connectivity index (χ1) is 9.99. The molecule has 0 aromatic heterocycles. The lowest BCUT2D eigenvalue weighted by atomic mass is 9.99. The van der Waals surface area contributed by atoms with Crippen LogP contribution in [0.4, 0.5) is 0 Å². The highest BCUT2D eigenvalue weighted by atomic mass is 16.2. The van der Waals surface area contributed by atoms with Gasteiger partial charge in [-0.2, -0.15) is 0 Å². The van der Waals surface area contributed by atoms with Gasteiger partial charge in [-0.05, 0) is 42.1 Å². The van der Waals surface area contributed by atoms with Gasteiger partial charge in [0.2, 0.25) is 5.91 Å². The molecule has 2 aliphatic carbocycles. The van der Waals surface area contributed by atoms with Crippen LogP contribution in [0.5, 0.6) is 0 Å². The Hall–Kier alpha value is -1.31.